The summed E-state index contributed by atoms with van der Waals surface area (Å²) in [5.74, 6) is 1.39. The second-order valence-electron chi connectivity index (χ2n) is 6.77. The average Bonchev–Trinajstić information content (AvgIpc) is 3.44. The Balaban J connectivity index is 1.76. The molecule has 0 spiro atoms. The summed E-state index contributed by atoms with van der Waals surface area (Å²) in [4.78, 5) is 14.7. The SMILES string of the molecule is Nc1ncccc1-c1nc2ccc(-c3cnn(CF)n3)nc2n1-c1ccc(CCl)cc1. The van der Waals surface area contributed by atoms with Gasteiger partial charge in [-0.2, -0.15) is 9.90 Å². The van der Waals surface area contributed by atoms with Crippen LogP contribution in [-0.2, 0) is 12.7 Å². The van der Waals surface area contributed by atoms with Crippen LogP contribution in [0.3, 0.4) is 0 Å². The number of aromatic nitrogens is 7. The van der Waals surface area contributed by atoms with E-state index in [2.05, 4.69) is 15.2 Å². The molecule has 0 saturated carbocycles. The highest BCUT2D eigenvalue weighted by atomic mass is 35.5. The third-order valence-electron chi connectivity index (χ3n) is 4.84. The van der Waals surface area contributed by atoms with Gasteiger partial charge in [-0.1, -0.05) is 12.1 Å². The van der Waals surface area contributed by atoms with E-state index in [-0.39, 0.29) is 0 Å². The van der Waals surface area contributed by atoms with Gasteiger partial charge in [0.15, 0.2) is 11.5 Å². The predicted octanol–water partition coefficient (Wildman–Crippen LogP) is 3.99. The van der Waals surface area contributed by atoms with Crippen LogP contribution >= 0.6 is 11.6 Å². The van der Waals surface area contributed by atoms with Crippen LogP contribution in [-0.4, -0.2) is 34.5 Å². The van der Waals surface area contributed by atoms with Crippen molar-refractivity contribution in [1.29, 1.82) is 0 Å². The molecule has 1 aromatic carbocycles. The van der Waals surface area contributed by atoms with Crippen molar-refractivity contribution in [2.24, 2.45) is 0 Å². The highest BCUT2D eigenvalue weighted by Crippen LogP contribution is 2.31. The summed E-state index contributed by atoms with van der Waals surface area (Å²) in [7, 11) is 0. The van der Waals surface area contributed by atoms with Gasteiger partial charge in [0.2, 0.25) is 6.80 Å². The van der Waals surface area contributed by atoms with Crippen LogP contribution in [0.2, 0.25) is 0 Å². The van der Waals surface area contributed by atoms with Crippen molar-refractivity contribution in [3.8, 4) is 28.5 Å². The van der Waals surface area contributed by atoms with Gasteiger partial charge in [-0.3, -0.25) is 4.57 Å². The highest BCUT2D eigenvalue weighted by Gasteiger charge is 2.19. The Morgan fingerprint density at radius 1 is 1.00 bits per heavy atom. The molecule has 5 aromatic rings. The molecule has 0 aliphatic carbocycles. The monoisotopic (exact) mass is 434 g/mol. The van der Waals surface area contributed by atoms with Gasteiger partial charge >= 0.3 is 0 Å². The number of nitrogens with two attached hydrogens (primary N) is 1. The van der Waals surface area contributed by atoms with Gasteiger partial charge in [0, 0.05) is 17.8 Å². The molecule has 0 aliphatic rings. The first kappa shape index (κ1) is 19.1. The molecular formula is C21H16ClFN8. The lowest BCUT2D eigenvalue weighted by Crippen LogP contribution is -2.02. The fraction of sp³-hybridized carbons (Fsp3) is 0.0952. The normalized spacial score (nSPS) is 11.3. The number of nitrogens with zero attached hydrogens (tertiary/aromatic N) is 7. The lowest BCUT2D eigenvalue weighted by Gasteiger charge is -2.11. The smallest absolute Gasteiger partial charge is 0.200 e. The number of imidazole rings is 1. The Bertz CT molecular complexity index is 1380. The summed E-state index contributed by atoms with van der Waals surface area (Å²) in [6.07, 6.45) is 3.11. The molecule has 2 N–H and O–H groups in total. The highest BCUT2D eigenvalue weighted by molar-refractivity contribution is 6.17. The fourth-order valence-corrected chi connectivity index (χ4v) is 3.52. The molecular weight excluding hydrogens is 419 g/mol. The summed E-state index contributed by atoms with van der Waals surface area (Å²) >= 11 is 5.95. The Morgan fingerprint density at radius 2 is 1.84 bits per heavy atom. The number of anilines is 1. The van der Waals surface area contributed by atoms with Crippen LogP contribution in [0.4, 0.5) is 10.2 Å². The zero-order valence-electron chi connectivity index (χ0n) is 16.2. The van der Waals surface area contributed by atoms with Gasteiger partial charge in [-0.25, -0.2) is 19.3 Å². The first-order chi connectivity index (χ1) is 15.2. The zero-order chi connectivity index (χ0) is 21.4. The van der Waals surface area contributed by atoms with E-state index < -0.39 is 6.80 Å². The van der Waals surface area contributed by atoms with Crippen LogP contribution in [0.25, 0.3) is 39.6 Å². The molecule has 0 radical (unpaired) electrons. The first-order valence-electron chi connectivity index (χ1n) is 9.40. The Labute approximate surface area is 181 Å². The number of benzene rings is 1. The molecule has 0 bridgehead atoms. The summed E-state index contributed by atoms with van der Waals surface area (Å²) < 4.78 is 14.8. The third kappa shape index (κ3) is 3.38. The minimum Gasteiger partial charge on any atom is -0.383 e. The quantitative estimate of drug-likeness (QED) is 0.420. The van der Waals surface area contributed by atoms with Gasteiger partial charge in [-0.05, 0) is 42.0 Å². The van der Waals surface area contributed by atoms with Crippen molar-refractivity contribution in [3.63, 3.8) is 0 Å². The number of hydrogen-bond donors (Lipinski definition) is 1. The van der Waals surface area contributed by atoms with E-state index in [0.717, 1.165) is 16.0 Å². The van der Waals surface area contributed by atoms with E-state index in [0.29, 0.717) is 45.6 Å². The summed E-state index contributed by atoms with van der Waals surface area (Å²) in [6.45, 7) is -0.808. The number of hydrogen-bond acceptors (Lipinski definition) is 6. The lowest BCUT2D eigenvalue weighted by atomic mass is 10.2. The molecule has 0 fully saturated rings. The van der Waals surface area contributed by atoms with Gasteiger partial charge in [0.05, 0.1) is 17.5 Å². The number of fused-ring (bicyclic) bond motifs is 1. The van der Waals surface area contributed by atoms with Crippen molar-refractivity contribution in [2.45, 2.75) is 12.7 Å². The molecule has 0 unspecified atom stereocenters. The molecule has 10 heteroatoms. The Morgan fingerprint density at radius 3 is 2.55 bits per heavy atom. The lowest BCUT2D eigenvalue weighted by molar-refractivity contribution is 0.319. The van der Waals surface area contributed by atoms with E-state index in [1.165, 1.54) is 6.20 Å². The second kappa shape index (κ2) is 7.77. The van der Waals surface area contributed by atoms with Gasteiger partial charge < -0.3 is 5.73 Å². The van der Waals surface area contributed by atoms with Crippen molar-refractivity contribution in [3.05, 3.63) is 66.5 Å². The van der Waals surface area contributed by atoms with Crippen molar-refractivity contribution in [2.75, 3.05) is 5.73 Å². The van der Waals surface area contributed by atoms with Crippen LogP contribution in [0.1, 0.15) is 5.56 Å². The number of alkyl halides is 2. The minimum absolute atomic E-state index is 0.363. The van der Waals surface area contributed by atoms with Crippen molar-refractivity contribution >= 4 is 28.6 Å². The molecule has 0 saturated heterocycles. The molecule has 0 aliphatic heterocycles. The van der Waals surface area contributed by atoms with E-state index >= 15 is 0 Å². The number of nitrogen functional groups attached to an aromatic ring is 1. The van der Waals surface area contributed by atoms with Crippen molar-refractivity contribution < 1.29 is 4.39 Å². The second-order valence-corrected chi connectivity index (χ2v) is 7.04. The Kier molecular flexibility index (Phi) is 4.79. The summed E-state index contributed by atoms with van der Waals surface area (Å²) in [5, 5.41) is 7.99. The van der Waals surface area contributed by atoms with Gasteiger partial charge in [0.1, 0.15) is 17.0 Å². The summed E-state index contributed by atoms with van der Waals surface area (Å²) in [5.41, 5.74) is 11.0. The van der Waals surface area contributed by atoms with E-state index in [1.54, 1.807) is 18.3 Å². The Hall–Kier alpha value is -3.85. The standard InChI is InChI=1S/C21H16ClFN8/c22-10-13-3-5-14(6-4-13)31-20(15-2-1-9-25-19(15)24)28-17-8-7-16(27-21(17)31)18-11-26-30(12-23)29-18/h1-9,11H,10,12H2,(H2,24,25). The molecule has 31 heavy (non-hydrogen) atoms. The van der Waals surface area contributed by atoms with E-state index in [9.17, 15) is 4.39 Å². The molecule has 4 aromatic heterocycles. The van der Waals surface area contributed by atoms with Crippen molar-refractivity contribution in [1.82, 2.24) is 34.5 Å². The maximum atomic E-state index is 12.9. The maximum Gasteiger partial charge on any atom is 0.200 e. The first-order valence-corrected chi connectivity index (χ1v) is 9.93. The third-order valence-corrected chi connectivity index (χ3v) is 5.15. The molecule has 8 nitrogen and oxygen atoms in total. The molecule has 5 rings (SSSR count). The topological polar surface area (TPSA) is 100 Å². The predicted molar refractivity (Wildman–Crippen MR) is 116 cm³/mol. The van der Waals surface area contributed by atoms with Crippen LogP contribution in [0.5, 0.6) is 0 Å². The molecule has 0 atom stereocenters. The minimum atomic E-state index is -0.808. The van der Waals surface area contributed by atoms with Gasteiger partial charge in [-0.15, -0.1) is 16.7 Å². The van der Waals surface area contributed by atoms with Gasteiger partial charge in [0.25, 0.3) is 0 Å². The number of halogens is 2. The van der Waals surface area contributed by atoms with Crippen LogP contribution in [0, 0.1) is 0 Å². The number of rotatable bonds is 5. The van der Waals surface area contributed by atoms with E-state index in [4.69, 9.17) is 27.3 Å². The largest absolute Gasteiger partial charge is 0.383 e. The number of pyridine rings is 2. The van der Waals surface area contributed by atoms with E-state index in [1.807, 2.05) is 41.0 Å². The molecule has 0 amide bonds. The molecule has 154 valence electrons. The van der Waals surface area contributed by atoms with Crippen LogP contribution in [0.15, 0.2) is 60.9 Å². The summed E-state index contributed by atoms with van der Waals surface area (Å²) in [6, 6.07) is 15.1. The molecule has 4 heterocycles. The average molecular weight is 435 g/mol. The maximum absolute atomic E-state index is 12.9. The zero-order valence-corrected chi connectivity index (χ0v) is 16.9. The van der Waals surface area contributed by atoms with Crippen LogP contribution < -0.4 is 5.73 Å². The fourth-order valence-electron chi connectivity index (χ4n) is 3.34.